The highest BCUT2D eigenvalue weighted by Gasteiger charge is 2.36. The van der Waals surface area contributed by atoms with Crippen molar-refractivity contribution in [3.63, 3.8) is 0 Å². The standard InChI is InChI=1S/C21H36O2/c1-5-8-9-10-11-15-18-20(19-16-13-12-14-17-19)21(4,22-6-2)23-7-3/h12-14,16-17,20H,5-11,15,18H2,1-4H3. The van der Waals surface area contributed by atoms with E-state index in [9.17, 15) is 0 Å². The zero-order valence-corrected chi connectivity index (χ0v) is 15.6. The molecule has 0 N–H and O–H groups in total. The van der Waals surface area contributed by atoms with Crippen molar-refractivity contribution in [1.82, 2.24) is 0 Å². The van der Waals surface area contributed by atoms with Gasteiger partial charge in [0.1, 0.15) is 0 Å². The summed E-state index contributed by atoms with van der Waals surface area (Å²) in [5, 5.41) is 0. The van der Waals surface area contributed by atoms with Crippen molar-refractivity contribution in [3.05, 3.63) is 35.9 Å². The summed E-state index contributed by atoms with van der Waals surface area (Å²) in [5.74, 6) is -0.247. The lowest BCUT2D eigenvalue weighted by Crippen LogP contribution is -2.39. The van der Waals surface area contributed by atoms with E-state index >= 15 is 0 Å². The third-order valence-electron chi connectivity index (χ3n) is 4.54. The molecule has 1 unspecified atom stereocenters. The van der Waals surface area contributed by atoms with Crippen molar-refractivity contribution in [2.45, 2.75) is 84.3 Å². The minimum Gasteiger partial charge on any atom is -0.350 e. The average Bonchev–Trinajstić information content (AvgIpc) is 2.55. The van der Waals surface area contributed by atoms with Crippen LogP contribution in [0.3, 0.4) is 0 Å². The number of ether oxygens (including phenoxy) is 2. The molecule has 0 aliphatic heterocycles. The van der Waals surface area contributed by atoms with E-state index < -0.39 is 5.79 Å². The van der Waals surface area contributed by atoms with Gasteiger partial charge in [0, 0.05) is 19.1 Å². The molecule has 0 aliphatic carbocycles. The quantitative estimate of drug-likeness (QED) is 0.313. The van der Waals surface area contributed by atoms with Crippen LogP contribution in [0.4, 0.5) is 0 Å². The fourth-order valence-electron chi connectivity index (χ4n) is 3.36. The summed E-state index contributed by atoms with van der Waals surface area (Å²) in [6.45, 7) is 9.82. The number of benzene rings is 1. The van der Waals surface area contributed by atoms with Gasteiger partial charge in [0.15, 0.2) is 5.79 Å². The maximum Gasteiger partial charge on any atom is 0.172 e. The van der Waals surface area contributed by atoms with Crippen molar-refractivity contribution in [3.8, 4) is 0 Å². The predicted molar refractivity (Wildman–Crippen MR) is 98.8 cm³/mol. The molecule has 1 rings (SSSR count). The van der Waals surface area contributed by atoms with E-state index in [1.54, 1.807) is 0 Å². The fraction of sp³-hybridized carbons (Fsp3) is 0.714. The molecule has 132 valence electrons. The molecular formula is C21H36O2. The van der Waals surface area contributed by atoms with Gasteiger partial charge >= 0.3 is 0 Å². The van der Waals surface area contributed by atoms with Crippen LogP contribution in [0, 0.1) is 0 Å². The molecule has 0 radical (unpaired) electrons. The lowest BCUT2D eigenvalue weighted by molar-refractivity contribution is -0.236. The van der Waals surface area contributed by atoms with Gasteiger partial charge in [-0.25, -0.2) is 0 Å². The monoisotopic (exact) mass is 320 g/mol. The largest absolute Gasteiger partial charge is 0.350 e. The normalized spacial score (nSPS) is 13.2. The Labute approximate surface area is 143 Å². The smallest absolute Gasteiger partial charge is 0.172 e. The summed E-state index contributed by atoms with van der Waals surface area (Å²) in [5.41, 5.74) is 1.32. The maximum absolute atomic E-state index is 6.06. The first-order valence-electron chi connectivity index (χ1n) is 9.50. The van der Waals surface area contributed by atoms with Crippen molar-refractivity contribution >= 4 is 0 Å². The number of rotatable bonds is 13. The molecular weight excluding hydrogens is 284 g/mol. The molecule has 0 amide bonds. The van der Waals surface area contributed by atoms with Crippen LogP contribution in [0.25, 0.3) is 0 Å². The summed E-state index contributed by atoms with van der Waals surface area (Å²) in [6, 6.07) is 10.7. The Hall–Kier alpha value is -0.860. The Bertz CT molecular complexity index is 382. The minimum absolute atomic E-state index is 0.287. The average molecular weight is 321 g/mol. The Balaban J connectivity index is 2.73. The molecule has 0 saturated carbocycles. The Morgan fingerprint density at radius 1 is 0.826 bits per heavy atom. The van der Waals surface area contributed by atoms with E-state index in [-0.39, 0.29) is 5.92 Å². The van der Waals surface area contributed by atoms with Crippen LogP contribution in [0.15, 0.2) is 30.3 Å². The second kappa shape index (κ2) is 11.6. The van der Waals surface area contributed by atoms with Crippen molar-refractivity contribution < 1.29 is 9.47 Å². The molecule has 0 heterocycles. The molecule has 0 fully saturated rings. The summed E-state index contributed by atoms with van der Waals surface area (Å²) < 4.78 is 12.1. The van der Waals surface area contributed by atoms with Crippen LogP contribution in [-0.2, 0) is 9.47 Å². The molecule has 0 bridgehead atoms. The first-order valence-corrected chi connectivity index (χ1v) is 9.50. The maximum atomic E-state index is 6.06. The first-order chi connectivity index (χ1) is 11.2. The predicted octanol–water partition coefficient (Wildman–Crippen LogP) is 6.31. The third kappa shape index (κ3) is 7.05. The van der Waals surface area contributed by atoms with E-state index in [0.29, 0.717) is 13.2 Å². The van der Waals surface area contributed by atoms with E-state index in [1.807, 2.05) is 13.8 Å². The highest BCUT2D eigenvalue weighted by molar-refractivity contribution is 5.21. The Morgan fingerprint density at radius 3 is 1.96 bits per heavy atom. The van der Waals surface area contributed by atoms with Crippen molar-refractivity contribution in [2.75, 3.05) is 13.2 Å². The summed E-state index contributed by atoms with van der Waals surface area (Å²) >= 11 is 0. The zero-order chi connectivity index (χ0) is 17.0. The van der Waals surface area contributed by atoms with Gasteiger partial charge in [0.05, 0.1) is 0 Å². The van der Waals surface area contributed by atoms with Crippen LogP contribution >= 0.6 is 0 Å². The van der Waals surface area contributed by atoms with Gasteiger partial charge in [-0.2, -0.15) is 0 Å². The fourth-order valence-corrected chi connectivity index (χ4v) is 3.36. The van der Waals surface area contributed by atoms with Gasteiger partial charge in [-0.05, 0) is 32.8 Å². The van der Waals surface area contributed by atoms with E-state index in [4.69, 9.17) is 9.47 Å². The lowest BCUT2D eigenvalue weighted by atomic mass is 9.86. The summed E-state index contributed by atoms with van der Waals surface area (Å²) in [4.78, 5) is 0. The molecule has 0 spiro atoms. The second-order valence-corrected chi connectivity index (χ2v) is 6.40. The van der Waals surface area contributed by atoms with Crippen LogP contribution in [0.5, 0.6) is 0 Å². The molecule has 1 aromatic rings. The second-order valence-electron chi connectivity index (χ2n) is 6.40. The molecule has 1 atom stereocenters. The van der Waals surface area contributed by atoms with Crippen LogP contribution in [-0.4, -0.2) is 19.0 Å². The molecule has 0 aliphatic rings. The highest BCUT2D eigenvalue weighted by Crippen LogP contribution is 2.37. The molecule has 1 aromatic carbocycles. The summed E-state index contributed by atoms with van der Waals surface area (Å²) in [7, 11) is 0. The first kappa shape index (κ1) is 20.2. The summed E-state index contributed by atoms with van der Waals surface area (Å²) in [6.07, 6.45) is 9.02. The van der Waals surface area contributed by atoms with E-state index in [1.165, 1.54) is 44.1 Å². The van der Waals surface area contributed by atoms with Gasteiger partial charge in [0.2, 0.25) is 0 Å². The zero-order valence-electron chi connectivity index (χ0n) is 15.6. The minimum atomic E-state index is -0.533. The number of unbranched alkanes of at least 4 members (excludes halogenated alkanes) is 5. The molecule has 23 heavy (non-hydrogen) atoms. The topological polar surface area (TPSA) is 18.5 Å². The van der Waals surface area contributed by atoms with Gasteiger partial charge in [-0.1, -0.05) is 75.8 Å². The Morgan fingerprint density at radius 2 is 1.39 bits per heavy atom. The Kier molecular flexibility index (Phi) is 10.2. The highest BCUT2D eigenvalue weighted by atomic mass is 16.7. The lowest BCUT2D eigenvalue weighted by Gasteiger charge is -2.37. The number of hydrogen-bond acceptors (Lipinski definition) is 2. The van der Waals surface area contributed by atoms with E-state index in [0.717, 1.165) is 6.42 Å². The van der Waals surface area contributed by atoms with Crippen LogP contribution < -0.4 is 0 Å². The molecule has 2 nitrogen and oxygen atoms in total. The van der Waals surface area contributed by atoms with Gasteiger partial charge in [-0.3, -0.25) is 0 Å². The molecule has 2 heteroatoms. The van der Waals surface area contributed by atoms with Gasteiger partial charge in [-0.15, -0.1) is 0 Å². The van der Waals surface area contributed by atoms with Crippen molar-refractivity contribution in [2.24, 2.45) is 0 Å². The third-order valence-corrected chi connectivity index (χ3v) is 4.54. The van der Waals surface area contributed by atoms with Gasteiger partial charge < -0.3 is 9.47 Å². The van der Waals surface area contributed by atoms with E-state index in [2.05, 4.69) is 44.2 Å². The SMILES string of the molecule is CCCCCCCCC(c1ccccc1)C(C)(OCC)OCC. The van der Waals surface area contributed by atoms with Crippen molar-refractivity contribution in [1.29, 1.82) is 0 Å². The molecule has 0 aromatic heterocycles. The number of hydrogen-bond donors (Lipinski definition) is 0. The van der Waals surface area contributed by atoms with Gasteiger partial charge in [0.25, 0.3) is 0 Å². The molecule has 0 saturated heterocycles. The van der Waals surface area contributed by atoms with Crippen LogP contribution in [0.1, 0.15) is 84.1 Å². The van der Waals surface area contributed by atoms with Crippen LogP contribution in [0.2, 0.25) is 0 Å².